The van der Waals surface area contributed by atoms with E-state index >= 15 is 0 Å². The highest BCUT2D eigenvalue weighted by molar-refractivity contribution is 9.10. The third kappa shape index (κ3) is 6.48. The van der Waals surface area contributed by atoms with Crippen molar-refractivity contribution in [2.45, 2.75) is 26.7 Å². The molecule has 1 aromatic carbocycles. The summed E-state index contributed by atoms with van der Waals surface area (Å²) >= 11 is 3.46. The maximum absolute atomic E-state index is 11.8. The van der Waals surface area contributed by atoms with Gasteiger partial charge in [0.1, 0.15) is 5.75 Å². The van der Waals surface area contributed by atoms with E-state index < -0.39 is 0 Å². The van der Waals surface area contributed by atoms with E-state index in [1.54, 1.807) is 7.11 Å². The Kier molecular flexibility index (Phi) is 8.38. The van der Waals surface area contributed by atoms with E-state index in [-0.39, 0.29) is 5.91 Å². The Morgan fingerprint density at radius 1 is 1.33 bits per heavy atom. The van der Waals surface area contributed by atoms with Crippen LogP contribution < -0.4 is 10.1 Å². The van der Waals surface area contributed by atoms with Gasteiger partial charge in [0.25, 0.3) is 0 Å². The molecule has 0 aliphatic heterocycles. The van der Waals surface area contributed by atoms with Gasteiger partial charge in [-0.25, -0.2) is 0 Å². The van der Waals surface area contributed by atoms with E-state index in [9.17, 15) is 4.79 Å². The van der Waals surface area contributed by atoms with Crippen LogP contribution in [0.5, 0.6) is 5.75 Å². The molecule has 1 rings (SSSR count). The van der Waals surface area contributed by atoms with Crippen molar-refractivity contribution in [2.75, 3.05) is 33.3 Å². The lowest BCUT2D eigenvalue weighted by atomic mass is 10.1. The Labute approximate surface area is 136 Å². The number of rotatable bonds is 9. The number of likely N-dealkylation sites (N-methyl/N-ethyl adjacent to an activating group) is 1. The van der Waals surface area contributed by atoms with Gasteiger partial charge in [-0.2, -0.15) is 0 Å². The molecule has 0 fully saturated rings. The molecule has 0 aliphatic carbocycles. The Hall–Kier alpha value is -1.07. The zero-order chi connectivity index (χ0) is 15.7. The third-order valence-electron chi connectivity index (χ3n) is 3.50. The van der Waals surface area contributed by atoms with Gasteiger partial charge in [0, 0.05) is 19.5 Å². The van der Waals surface area contributed by atoms with Crippen LogP contribution >= 0.6 is 15.9 Å². The summed E-state index contributed by atoms with van der Waals surface area (Å²) in [5, 5.41) is 2.97. The number of aryl methyl sites for hydroxylation is 1. The van der Waals surface area contributed by atoms with E-state index in [1.807, 2.05) is 18.2 Å². The van der Waals surface area contributed by atoms with Gasteiger partial charge in [0.05, 0.1) is 11.6 Å². The number of nitrogens with one attached hydrogen (secondary N) is 1. The molecule has 21 heavy (non-hydrogen) atoms. The molecule has 0 aliphatic rings. The molecule has 0 spiro atoms. The number of benzene rings is 1. The van der Waals surface area contributed by atoms with E-state index in [1.165, 1.54) is 0 Å². The highest BCUT2D eigenvalue weighted by Gasteiger charge is 2.06. The monoisotopic (exact) mass is 356 g/mol. The van der Waals surface area contributed by atoms with Crippen molar-refractivity contribution in [3.63, 3.8) is 0 Å². The topological polar surface area (TPSA) is 41.6 Å². The van der Waals surface area contributed by atoms with Crippen LogP contribution in [0.1, 0.15) is 25.8 Å². The highest BCUT2D eigenvalue weighted by Crippen LogP contribution is 2.25. The van der Waals surface area contributed by atoms with E-state index in [4.69, 9.17) is 4.74 Å². The highest BCUT2D eigenvalue weighted by atomic mass is 79.9. The molecule has 0 atom stereocenters. The summed E-state index contributed by atoms with van der Waals surface area (Å²) in [5.41, 5.74) is 1.13. The van der Waals surface area contributed by atoms with E-state index in [0.29, 0.717) is 13.0 Å². The van der Waals surface area contributed by atoms with Crippen LogP contribution in [0, 0.1) is 0 Å². The predicted octanol–water partition coefficient (Wildman–Crippen LogP) is 2.85. The Balaban J connectivity index is 2.31. The molecule has 4 nitrogen and oxygen atoms in total. The molecule has 0 heterocycles. The summed E-state index contributed by atoms with van der Waals surface area (Å²) in [7, 11) is 1.64. The van der Waals surface area contributed by atoms with Gasteiger partial charge in [-0.3, -0.25) is 4.79 Å². The quantitative estimate of drug-likeness (QED) is 0.739. The minimum Gasteiger partial charge on any atom is -0.496 e. The molecule has 118 valence electrons. The third-order valence-corrected chi connectivity index (χ3v) is 4.12. The number of ether oxygens (including phenoxy) is 1. The Morgan fingerprint density at radius 2 is 2.05 bits per heavy atom. The lowest BCUT2D eigenvalue weighted by Crippen LogP contribution is -2.34. The summed E-state index contributed by atoms with van der Waals surface area (Å²) in [6.45, 7) is 7.93. The molecule has 0 saturated carbocycles. The van der Waals surface area contributed by atoms with Crippen molar-refractivity contribution < 1.29 is 9.53 Å². The molecule has 5 heteroatoms. The normalized spacial score (nSPS) is 10.7. The largest absolute Gasteiger partial charge is 0.496 e. The number of nitrogens with zero attached hydrogens (tertiary/aromatic N) is 1. The summed E-state index contributed by atoms with van der Waals surface area (Å²) in [5.74, 6) is 0.913. The van der Waals surface area contributed by atoms with Crippen molar-refractivity contribution in [1.82, 2.24) is 10.2 Å². The Morgan fingerprint density at radius 3 is 2.62 bits per heavy atom. The first-order valence-electron chi connectivity index (χ1n) is 7.42. The van der Waals surface area contributed by atoms with Crippen LogP contribution in [-0.4, -0.2) is 44.1 Å². The maximum Gasteiger partial charge on any atom is 0.220 e. The number of hydrogen-bond acceptors (Lipinski definition) is 3. The molecule has 1 amide bonds. The van der Waals surface area contributed by atoms with E-state index in [2.05, 4.69) is 40.0 Å². The minimum absolute atomic E-state index is 0.106. The molecule has 0 radical (unpaired) electrons. The second-order valence-electron chi connectivity index (χ2n) is 4.85. The van der Waals surface area contributed by atoms with Crippen LogP contribution in [0.25, 0.3) is 0 Å². The zero-order valence-electron chi connectivity index (χ0n) is 13.1. The van der Waals surface area contributed by atoms with Crippen LogP contribution in [-0.2, 0) is 11.2 Å². The maximum atomic E-state index is 11.8. The molecular weight excluding hydrogens is 332 g/mol. The van der Waals surface area contributed by atoms with E-state index in [0.717, 1.165) is 41.8 Å². The molecule has 1 N–H and O–H groups in total. The fraction of sp³-hybridized carbons (Fsp3) is 0.562. The van der Waals surface area contributed by atoms with Crippen molar-refractivity contribution in [3.05, 3.63) is 28.2 Å². The number of hydrogen-bond donors (Lipinski definition) is 1. The zero-order valence-corrected chi connectivity index (χ0v) is 14.7. The summed E-state index contributed by atoms with van der Waals surface area (Å²) in [6, 6.07) is 5.91. The number of carbonyl (C=O) groups is 1. The summed E-state index contributed by atoms with van der Waals surface area (Å²) in [6.07, 6.45) is 1.25. The number of methoxy groups -OCH3 is 1. The average molecular weight is 357 g/mol. The molecule has 1 aromatic rings. The first-order chi connectivity index (χ1) is 10.1. The standard InChI is InChI=1S/C16H25BrN2O2/c1-4-19(5-2)11-10-18-16(20)9-7-13-6-8-15(21-3)14(17)12-13/h6,8,12H,4-5,7,9-11H2,1-3H3,(H,18,20). The lowest BCUT2D eigenvalue weighted by molar-refractivity contribution is -0.121. The van der Waals surface area contributed by atoms with Gasteiger partial charge in [-0.15, -0.1) is 0 Å². The molecule has 0 bridgehead atoms. The first kappa shape index (κ1) is 18.0. The smallest absolute Gasteiger partial charge is 0.220 e. The first-order valence-corrected chi connectivity index (χ1v) is 8.21. The molecular formula is C16H25BrN2O2. The lowest BCUT2D eigenvalue weighted by Gasteiger charge is -2.17. The van der Waals surface area contributed by atoms with Gasteiger partial charge >= 0.3 is 0 Å². The van der Waals surface area contributed by atoms with Crippen molar-refractivity contribution in [2.24, 2.45) is 0 Å². The Bertz CT molecular complexity index is 448. The SMILES string of the molecule is CCN(CC)CCNC(=O)CCc1ccc(OC)c(Br)c1. The molecule has 0 unspecified atom stereocenters. The van der Waals surface area contributed by atoms with Crippen LogP contribution in [0.15, 0.2) is 22.7 Å². The summed E-state index contributed by atoms with van der Waals surface area (Å²) < 4.78 is 6.11. The van der Waals surface area contributed by atoms with Crippen molar-refractivity contribution in [1.29, 1.82) is 0 Å². The fourth-order valence-corrected chi connectivity index (χ4v) is 2.69. The predicted molar refractivity (Wildman–Crippen MR) is 89.8 cm³/mol. The van der Waals surface area contributed by atoms with Gasteiger partial charge in [0.15, 0.2) is 0 Å². The van der Waals surface area contributed by atoms with Crippen molar-refractivity contribution in [3.8, 4) is 5.75 Å². The summed E-state index contributed by atoms with van der Waals surface area (Å²) in [4.78, 5) is 14.1. The molecule has 0 aromatic heterocycles. The van der Waals surface area contributed by atoms with Gasteiger partial charge in [-0.05, 0) is 53.1 Å². The van der Waals surface area contributed by atoms with Gasteiger partial charge < -0.3 is 15.0 Å². The second-order valence-corrected chi connectivity index (χ2v) is 5.70. The average Bonchev–Trinajstić information content (AvgIpc) is 2.49. The number of halogens is 1. The molecule has 0 saturated heterocycles. The van der Waals surface area contributed by atoms with Crippen LogP contribution in [0.2, 0.25) is 0 Å². The number of amides is 1. The second kappa shape index (κ2) is 9.79. The van der Waals surface area contributed by atoms with Crippen molar-refractivity contribution >= 4 is 21.8 Å². The fourth-order valence-electron chi connectivity index (χ4n) is 2.10. The number of carbonyl (C=O) groups excluding carboxylic acids is 1. The van der Waals surface area contributed by atoms with Gasteiger partial charge in [0.2, 0.25) is 5.91 Å². The van der Waals surface area contributed by atoms with Gasteiger partial charge in [-0.1, -0.05) is 19.9 Å². The minimum atomic E-state index is 0.106. The van der Waals surface area contributed by atoms with Crippen LogP contribution in [0.4, 0.5) is 0 Å². The van der Waals surface area contributed by atoms with Crippen LogP contribution in [0.3, 0.4) is 0 Å².